The fourth-order valence-electron chi connectivity index (χ4n) is 5.39. The Morgan fingerprint density at radius 1 is 1.24 bits per heavy atom. The van der Waals surface area contributed by atoms with E-state index in [2.05, 4.69) is 25.6 Å². The van der Waals surface area contributed by atoms with Gasteiger partial charge in [-0.2, -0.15) is 10.2 Å². The van der Waals surface area contributed by atoms with Crippen molar-refractivity contribution in [1.29, 1.82) is 0 Å². The second-order valence-electron chi connectivity index (χ2n) is 10.0. The van der Waals surface area contributed by atoms with Crippen LogP contribution in [-0.2, 0) is 6.54 Å². The average Bonchev–Trinajstić information content (AvgIpc) is 3.47. The summed E-state index contributed by atoms with van der Waals surface area (Å²) in [5.41, 5.74) is 3.56. The molecule has 1 saturated carbocycles. The molecule has 1 aliphatic carbocycles. The number of hydrogen-bond acceptors (Lipinski definition) is 5. The first-order chi connectivity index (χ1) is 17.9. The molecule has 3 N–H and O–H groups in total. The molecule has 3 aromatic heterocycles. The monoisotopic (exact) mass is 498 g/mol. The van der Waals surface area contributed by atoms with E-state index in [4.69, 9.17) is 0 Å². The van der Waals surface area contributed by atoms with Gasteiger partial charge in [0.15, 0.2) is 0 Å². The van der Waals surface area contributed by atoms with E-state index in [1.54, 1.807) is 29.2 Å². The molecule has 3 heterocycles. The van der Waals surface area contributed by atoms with Crippen LogP contribution in [0.15, 0.2) is 60.9 Å². The summed E-state index contributed by atoms with van der Waals surface area (Å²) in [6.07, 6.45) is 5.94. The molecule has 2 aromatic carbocycles. The molecule has 37 heavy (non-hydrogen) atoms. The van der Waals surface area contributed by atoms with Crippen molar-refractivity contribution in [2.75, 3.05) is 0 Å². The van der Waals surface area contributed by atoms with Crippen LogP contribution in [0.5, 0.6) is 0 Å². The van der Waals surface area contributed by atoms with Gasteiger partial charge in [-0.3, -0.25) is 19.6 Å². The Labute approximate surface area is 212 Å². The van der Waals surface area contributed by atoms with Gasteiger partial charge in [0.25, 0.3) is 5.91 Å². The molecule has 8 nitrogen and oxygen atoms in total. The molecule has 0 spiro atoms. The van der Waals surface area contributed by atoms with Gasteiger partial charge in [-0.15, -0.1) is 0 Å². The Bertz CT molecular complexity index is 1630. The van der Waals surface area contributed by atoms with Crippen LogP contribution >= 0.6 is 0 Å². The zero-order chi connectivity index (χ0) is 25.6. The fraction of sp³-hybridized carbons (Fsp3) is 0.286. The number of amides is 1. The number of hydrogen-bond donors (Lipinski definition) is 3. The molecule has 6 rings (SSSR count). The number of aliphatic hydroxyl groups is 1. The Balaban J connectivity index is 1.20. The number of carbonyl (C=O) groups excluding carboxylic acids is 1. The van der Waals surface area contributed by atoms with Crippen molar-refractivity contribution in [3.05, 3.63) is 78.0 Å². The third kappa shape index (κ3) is 4.58. The highest BCUT2D eigenvalue weighted by Gasteiger charge is 2.36. The lowest BCUT2D eigenvalue weighted by Crippen LogP contribution is -2.47. The SMILES string of the molecule is Cc1cc(-c2n[nH]c3ccc(C(=O)N[C@@H]4CCC[C@@](O)(Cn5ncc6ccc(F)cc65)C4)cc23)ccn1. The van der Waals surface area contributed by atoms with E-state index in [0.717, 1.165) is 46.1 Å². The van der Waals surface area contributed by atoms with Crippen molar-refractivity contribution in [2.24, 2.45) is 0 Å². The summed E-state index contributed by atoms with van der Waals surface area (Å²) < 4.78 is 15.4. The van der Waals surface area contributed by atoms with Gasteiger partial charge in [0.2, 0.25) is 0 Å². The fourth-order valence-corrected chi connectivity index (χ4v) is 5.39. The largest absolute Gasteiger partial charge is 0.388 e. The van der Waals surface area contributed by atoms with Crippen LogP contribution in [0.2, 0.25) is 0 Å². The van der Waals surface area contributed by atoms with Crippen LogP contribution in [0.3, 0.4) is 0 Å². The molecule has 1 aliphatic rings. The predicted octanol–water partition coefficient (Wildman–Crippen LogP) is 4.53. The Kier molecular flexibility index (Phi) is 5.72. The molecule has 5 aromatic rings. The molecule has 2 atom stereocenters. The summed E-state index contributed by atoms with van der Waals surface area (Å²) in [6, 6.07) is 13.7. The van der Waals surface area contributed by atoms with E-state index in [9.17, 15) is 14.3 Å². The number of nitrogens with zero attached hydrogens (tertiary/aromatic N) is 4. The first kappa shape index (κ1) is 23.3. The van der Waals surface area contributed by atoms with Gasteiger partial charge in [-0.1, -0.05) is 0 Å². The summed E-state index contributed by atoms with van der Waals surface area (Å²) in [4.78, 5) is 17.5. The first-order valence-corrected chi connectivity index (χ1v) is 12.4. The van der Waals surface area contributed by atoms with Gasteiger partial charge in [0.1, 0.15) is 11.5 Å². The van der Waals surface area contributed by atoms with E-state index >= 15 is 0 Å². The summed E-state index contributed by atoms with van der Waals surface area (Å²) in [5, 5.41) is 28.0. The van der Waals surface area contributed by atoms with Crippen LogP contribution in [-0.4, -0.2) is 47.6 Å². The molecular formula is C28H27FN6O2. The number of aromatic nitrogens is 5. The summed E-state index contributed by atoms with van der Waals surface area (Å²) in [7, 11) is 0. The molecule has 1 amide bonds. The van der Waals surface area contributed by atoms with E-state index < -0.39 is 5.60 Å². The Hall–Kier alpha value is -4.11. The quantitative estimate of drug-likeness (QED) is 0.330. The number of pyridine rings is 1. The van der Waals surface area contributed by atoms with E-state index in [-0.39, 0.29) is 24.3 Å². The number of benzene rings is 2. The standard InChI is InChI=1S/C28H27FN6O2/c1-17-11-18(8-10-30-17)26-23-12-19(5-7-24(23)33-34-26)27(36)32-22-3-2-9-28(37,14-22)16-35-25-13-21(29)6-4-20(25)15-31-35/h4-8,10-13,15,22,37H,2-3,9,14,16H2,1H3,(H,32,36)(H,33,34)/t22-,28+/m1/s1. The van der Waals surface area contributed by atoms with E-state index in [1.807, 2.05) is 31.2 Å². The molecule has 0 aliphatic heterocycles. The molecule has 0 unspecified atom stereocenters. The topological polar surface area (TPSA) is 109 Å². The molecule has 9 heteroatoms. The molecular weight excluding hydrogens is 471 g/mol. The lowest BCUT2D eigenvalue weighted by atomic mass is 9.81. The number of H-pyrrole nitrogens is 1. The van der Waals surface area contributed by atoms with Gasteiger partial charge >= 0.3 is 0 Å². The minimum absolute atomic E-state index is 0.188. The highest BCUT2D eigenvalue weighted by atomic mass is 19.1. The van der Waals surface area contributed by atoms with Gasteiger partial charge in [-0.25, -0.2) is 4.39 Å². The van der Waals surface area contributed by atoms with Gasteiger partial charge in [0, 0.05) is 39.8 Å². The molecule has 1 fully saturated rings. The maximum absolute atomic E-state index is 13.8. The highest BCUT2D eigenvalue weighted by molar-refractivity contribution is 6.01. The van der Waals surface area contributed by atoms with Crippen LogP contribution in [0, 0.1) is 12.7 Å². The lowest BCUT2D eigenvalue weighted by Gasteiger charge is -2.37. The lowest BCUT2D eigenvalue weighted by molar-refractivity contribution is -0.0227. The van der Waals surface area contributed by atoms with Gasteiger partial charge in [0.05, 0.1) is 29.4 Å². The normalized spacial score (nSPS) is 19.9. The summed E-state index contributed by atoms with van der Waals surface area (Å²) in [6.45, 7) is 2.16. The smallest absolute Gasteiger partial charge is 0.251 e. The van der Waals surface area contributed by atoms with Crippen molar-refractivity contribution in [1.82, 2.24) is 30.3 Å². The van der Waals surface area contributed by atoms with Gasteiger partial charge in [-0.05, 0) is 81.1 Å². The maximum atomic E-state index is 13.8. The van der Waals surface area contributed by atoms with Crippen molar-refractivity contribution >= 4 is 27.7 Å². The summed E-state index contributed by atoms with van der Waals surface area (Å²) in [5.74, 6) is -0.535. The average molecular weight is 499 g/mol. The first-order valence-electron chi connectivity index (χ1n) is 12.4. The zero-order valence-electron chi connectivity index (χ0n) is 20.4. The minimum atomic E-state index is -1.05. The number of nitrogens with one attached hydrogen (secondary N) is 2. The Morgan fingerprint density at radius 3 is 3.00 bits per heavy atom. The van der Waals surface area contributed by atoms with Crippen molar-refractivity contribution in [3.8, 4) is 11.3 Å². The number of aryl methyl sites for hydroxylation is 1. The molecule has 0 saturated heterocycles. The van der Waals surface area contributed by atoms with E-state index in [0.29, 0.717) is 23.9 Å². The number of rotatable bonds is 5. The number of halogens is 1. The third-order valence-electron chi connectivity index (χ3n) is 7.20. The number of carbonyl (C=O) groups is 1. The van der Waals surface area contributed by atoms with Crippen LogP contribution < -0.4 is 5.32 Å². The van der Waals surface area contributed by atoms with Crippen molar-refractivity contribution in [2.45, 2.75) is 50.8 Å². The van der Waals surface area contributed by atoms with E-state index in [1.165, 1.54) is 12.1 Å². The van der Waals surface area contributed by atoms with Gasteiger partial charge < -0.3 is 10.4 Å². The van der Waals surface area contributed by atoms with Crippen molar-refractivity contribution < 1.29 is 14.3 Å². The predicted molar refractivity (Wildman–Crippen MR) is 138 cm³/mol. The third-order valence-corrected chi connectivity index (χ3v) is 7.20. The maximum Gasteiger partial charge on any atom is 0.251 e. The number of fused-ring (bicyclic) bond motifs is 2. The van der Waals surface area contributed by atoms with Crippen molar-refractivity contribution in [3.63, 3.8) is 0 Å². The minimum Gasteiger partial charge on any atom is -0.388 e. The van der Waals surface area contributed by atoms with Crippen LogP contribution in [0.1, 0.15) is 41.7 Å². The second-order valence-corrected chi connectivity index (χ2v) is 10.0. The zero-order valence-corrected chi connectivity index (χ0v) is 20.4. The van der Waals surface area contributed by atoms with Crippen LogP contribution in [0.25, 0.3) is 33.1 Å². The molecule has 0 radical (unpaired) electrons. The highest BCUT2D eigenvalue weighted by Crippen LogP contribution is 2.32. The summed E-state index contributed by atoms with van der Waals surface area (Å²) >= 11 is 0. The second kappa shape index (κ2) is 9.08. The molecule has 188 valence electrons. The number of aromatic amines is 1. The molecule has 0 bridgehead atoms. The van der Waals surface area contributed by atoms with Crippen LogP contribution in [0.4, 0.5) is 4.39 Å². The Morgan fingerprint density at radius 2 is 2.14 bits per heavy atom.